The summed E-state index contributed by atoms with van der Waals surface area (Å²) in [5.41, 5.74) is 1.20. The maximum absolute atomic E-state index is 4.53. The number of likely N-dealkylation sites (tertiary alicyclic amines) is 1. The topological polar surface area (TPSA) is 28.2 Å². The van der Waals surface area contributed by atoms with Crippen LogP contribution in [0.3, 0.4) is 0 Å². The average Bonchev–Trinajstić information content (AvgIpc) is 2.74. The van der Waals surface area contributed by atoms with Crippen LogP contribution in [-0.2, 0) is 6.42 Å². The van der Waals surface area contributed by atoms with Gasteiger partial charge < -0.3 is 10.2 Å². The Labute approximate surface area is 102 Å². The third-order valence-corrected chi connectivity index (χ3v) is 4.03. The van der Waals surface area contributed by atoms with Crippen molar-refractivity contribution in [1.29, 1.82) is 0 Å². The van der Waals surface area contributed by atoms with Gasteiger partial charge in [-0.15, -0.1) is 11.3 Å². The number of nitrogens with zero attached hydrogens (tertiary/aromatic N) is 2. The van der Waals surface area contributed by atoms with Crippen molar-refractivity contribution < 1.29 is 0 Å². The van der Waals surface area contributed by atoms with Gasteiger partial charge in [0.05, 0.1) is 5.69 Å². The van der Waals surface area contributed by atoms with Crippen molar-refractivity contribution in [2.24, 2.45) is 5.92 Å². The zero-order valence-electron chi connectivity index (χ0n) is 10.2. The van der Waals surface area contributed by atoms with Crippen LogP contribution in [0.1, 0.15) is 25.5 Å². The largest absolute Gasteiger partial charge is 0.361 e. The molecule has 1 saturated heterocycles. The van der Waals surface area contributed by atoms with E-state index in [1.54, 1.807) is 11.3 Å². The summed E-state index contributed by atoms with van der Waals surface area (Å²) >= 11 is 1.73. The van der Waals surface area contributed by atoms with Gasteiger partial charge in [0.15, 0.2) is 5.13 Å². The van der Waals surface area contributed by atoms with E-state index >= 15 is 0 Å². The van der Waals surface area contributed by atoms with Crippen LogP contribution in [0.25, 0.3) is 0 Å². The van der Waals surface area contributed by atoms with E-state index in [4.69, 9.17) is 0 Å². The van der Waals surface area contributed by atoms with Crippen molar-refractivity contribution in [2.75, 3.05) is 32.0 Å². The molecule has 1 aliphatic heterocycles. The quantitative estimate of drug-likeness (QED) is 0.875. The zero-order valence-corrected chi connectivity index (χ0v) is 11.0. The van der Waals surface area contributed by atoms with Crippen LogP contribution in [-0.4, -0.2) is 36.6 Å². The van der Waals surface area contributed by atoms with E-state index in [-0.39, 0.29) is 0 Å². The molecule has 0 amide bonds. The summed E-state index contributed by atoms with van der Waals surface area (Å²) in [6.07, 6.45) is 3.72. The second-order valence-corrected chi connectivity index (χ2v) is 5.51. The molecule has 0 spiro atoms. The van der Waals surface area contributed by atoms with Crippen molar-refractivity contribution in [2.45, 2.75) is 26.2 Å². The van der Waals surface area contributed by atoms with E-state index < -0.39 is 0 Å². The number of nitrogens with one attached hydrogen (secondary N) is 1. The molecule has 1 aromatic rings. The highest BCUT2D eigenvalue weighted by Gasteiger charge is 2.16. The minimum atomic E-state index is 0.785. The number of thiazole rings is 1. The molecule has 0 radical (unpaired) electrons. The van der Waals surface area contributed by atoms with Gasteiger partial charge in [-0.05, 0) is 38.8 Å². The van der Waals surface area contributed by atoms with Crippen LogP contribution in [0.2, 0.25) is 0 Å². The molecule has 90 valence electrons. The Balaban J connectivity index is 1.78. The first-order valence-corrected chi connectivity index (χ1v) is 7.02. The molecule has 0 aromatic carbocycles. The molecule has 1 unspecified atom stereocenters. The highest BCUT2D eigenvalue weighted by atomic mass is 32.1. The number of piperidine rings is 1. The number of aryl methyl sites for hydroxylation is 1. The lowest BCUT2D eigenvalue weighted by Crippen LogP contribution is -2.35. The summed E-state index contributed by atoms with van der Waals surface area (Å²) in [5, 5.41) is 6.71. The van der Waals surface area contributed by atoms with Gasteiger partial charge in [-0.25, -0.2) is 4.98 Å². The highest BCUT2D eigenvalue weighted by molar-refractivity contribution is 7.13. The van der Waals surface area contributed by atoms with Crippen LogP contribution < -0.4 is 5.32 Å². The predicted octanol–water partition coefficient (Wildman–Crippen LogP) is 2.46. The first kappa shape index (κ1) is 11.9. The van der Waals surface area contributed by atoms with E-state index in [2.05, 4.69) is 34.6 Å². The summed E-state index contributed by atoms with van der Waals surface area (Å²) in [6.45, 7) is 5.70. The van der Waals surface area contributed by atoms with Crippen molar-refractivity contribution in [3.05, 3.63) is 11.1 Å². The van der Waals surface area contributed by atoms with Gasteiger partial charge in [-0.1, -0.05) is 6.92 Å². The second kappa shape index (κ2) is 5.64. The fraction of sp³-hybridized carbons (Fsp3) is 0.750. The Morgan fingerprint density at radius 1 is 1.62 bits per heavy atom. The second-order valence-electron chi connectivity index (χ2n) is 4.65. The normalized spacial score (nSPS) is 22.2. The van der Waals surface area contributed by atoms with Gasteiger partial charge in [0.2, 0.25) is 0 Å². The third-order valence-electron chi connectivity index (χ3n) is 3.18. The molecule has 4 heteroatoms. The Kier molecular flexibility index (Phi) is 4.18. The number of hydrogen-bond acceptors (Lipinski definition) is 4. The van der Waals surface area contributed by atoms with Crippen LogP contribution in [0.15, 0.2) is 5.38 Å². The minimum Gasteiger partial charge on any atom is -0.361 e. The number of hydrogen-bond donors (Lipinski definition) is 1. The molecule has 0 bridgehead atoms. The number of rotatable bonds is 4. The molecule has 0 saturated carbocycles. The molecule has 1 fully saturated rings. The van der Waals surface area contributed by atoms with Crippen LogP contribution >= 0.6 is 11.3 Å². The van der Waals surface area contributed by atoms with Gasteiger partial charge in [-0.2, -0.15) is 0 Å². The first-order valence-electron chi connectivity index (χ1n) is 6.14. The van der Waals surface area contributed by atoms with Gasteiger partial charge in [0.25, 0.3) is 0 Å². The maximum Gasteiger partial charge on any atom is 0.182 e. The Morgan fingerprint density at radius 2 is 2.50 bits per heavy atom. The van der Waals surface area contributed by atoms with Crippen molar-refractivity contribution >= 4 is 16.5 Å². The molecule has 1 aromatic heterocycles. The molecule has 16 heavy (non-hydrogen) atoms. The Morgan fingerprint density at radius 3 is 3.19 bits per heavy atom. The Hall–Kier alpha value is -0.610. The van der Waals surface area contributed by atoms with Gasteiger partial charge in [-0.3, -0.25) is 0 Å². The Bertz CT molecular complexity index is 324. The highest BCUT2D eigenvalue weighted by Crippen LogP contribution is 2.19. The van der Waals surface area contributed by atoms with E-state index in [9.17, 15) is 0 Å². The molecule has 2 rings (SSSR count). The maximum atomic E-state index is 4.53. The summed E-state index contributed by atoms with van der Waals surface area (Å²) < 4.78 is 0. The smallest absolute Gasteiger partial charge is 0.182 e. The number of aromatic nitrogens is 1. The lowest BCUT2D eigenvalue weighted by molar-refractivity contribution is 0.217. The third kappa shape index (κ3) is 3.19. The zero-order chi connectivity index (χ0) is 11.4. The fourth-order valence-corrected chi connectivity index (χ4v) is 3.03. The summed E-state index contributed by atoms with van der Waals surface area (Å²) in [7, 11) is 2.21. The van der Waals surface area contributed by atoms with Crippen LogP contribution in [0.5, 0.6) is 0 Å². The standard InChI is InChI=1S/C12H21N3S/c1-3-11-9-16-12(14-11)13-7-10-5-4-6-15(2)8-10/h9-10H,3-8H2,1-2H3,(H,13,14). The molecular weight excluding hydrogens is 218 g/mol. The average molecular weight is 239 g/mol. The molecule has 2 heterocycles. The molecule has 1 aliphatic rings. The molecular formula is C12H21N3S. The van der Waals surface area contributed by atoms with E-state index in [0.717, 1.165) is 24.0 Å². The molecule has 1 atom stereocenters. The van der Waals surface area contributed by atoms with Crippen LogP contribution in [0.4, 0.5) is 5.13 Å². The first-order chi connectivity index (χ1) is 7.78. The van der Waals surface area contributed by atoms with Crippen molar-refractivity contribution in [3.8, 4) is 0 Å². The summed E-state index contributed by atoms with van der Waals surface area (Å²) in [6, 6.07) is 0. The fourth-order valence-electron chi connectivity index (χ4n) is 2.22. The van der Waals surface area contributed by atoms with Gasteiger partial charge in [0.1, 0.15) is 0 Å². The van der Waals surface area contributed by atoms with Crippen molar-refractivity contribution in [3.63, 3.8) is 0 Å². The lowest BCUT2D eigenvalue weighted by atomic mass is 9.99. The minimum absolute atomic E-state index is 0.785. The van der Waals surface area contributed by atoms with Gasteiger partial charge >= 0.3 is 0 Å². The lowest BCUT2D eigenvalue weighted by Gasteiger charge is -2.29. The van der Waals surface area contributed by atoms with Crippen LogP contribution in [0, 0.1) is 5.92 Å². The predicted molar refractivity (Wildman–Crippen MR) is 70.2 cm³/mol. The monoisotopic (exact) mass is 239 g/mol. The SMILES string of the molecule is CCc1csc(NCC2CCCN(C)C2)n1. The van der Waals surface area contributed by atoms with E-state index in [1.165, 1.54) is 31.6 Å². The van der Waals surface area contributed by atoms with Gasteiger partial charge in [0, 0.05) is 18.5 Å². The van der Waals surface area contributed by atoms with E-state index in [0.29, 0.717) is 0 Å². The molecule has 3 nitrogen and oxygen atoms in total. The van der Waals surface area contributed by atoms with Crippen molar-refractivity contribution in [1.82, 2.24) is 9.88 Å². The summed E-state index contributed by atoms with van der Waals surface area (Å²) in [4.78, 5) is 6.95. The molecule has 1 N–H and O–H groups in total. The van der Waals surface area contributed by atoms with E-state index in [1.807, 2.05) is 0 Å². The summed E-state index contributed by atoms with van der Waals surface area (Å²) in [5.74, 6) is 0.785. The molecule has 0 aliphatic carbocycles. The number of anilines is 1.